The number of hydrogen-bond donors (Lipinski definition) is 3. The molecule has 0 heterocycles. The number of carboxylic acids is 1. The second-order valence-corrected chi connectivity index (χ2v) is 4.69. The number of rotatable bonds is 4. The third-order valence-electron chi connectivity index (χ3n) is 3.08. The minimum atomic E-state index is -1.00. The van der Waals surface area contributed by atoms with Crippen LogP contribution in [0.25, 0.3) is 0 Å². The Morgan fingerprint density at radius 2 is 1.90 bits per heavy atom. The van der Waals surface area contributed by atoms with Crippen LogP contribution in [0.15, 0.2) is 42.5 Å². The molecule has 0 aromatic heterocycles. The molecule has 0 spiro atoms. The van der Waals surface area contributed by atoms with Gasteiger partial charge in [-0.3, -0.25) is 4.79 Å². The molecule has 5 nitrogen and oxygen atoms in total. The number of carbonyl (C=O) groups excluding carboxylic acids is 1. The Morgan fingerprint density at radius 1 is 1.14 bits per heavy atom. The second-order valence-electron chi connectivity index (χ2n) is 4.69. The Kier molecular flexibility index (Phi) is 4.23. The zero-order chi connectivity index (χ0) is 15.4. The molecule has 3 N–H and O–H groups in total. The van der Waals surface area contributed by atoms with Crippen LogP contribution in [0.2, 0.25) is 0 Å². The van der Waals surface area contributed by atoms with Crippen molar-refractivity contribution in [3.63, 3.8) is 0 Å². The van der Waals surface area contributed by atoms with E-state index >= 15 is 0 Å². The third-order valence-corrected chi connectivity index (χ3v) is 3.08. The molecule has 0 unspecified atom stereocenters. The molecular formula is C16H15NO4. The summed E-state index contributed by atoms with van der Waals surface area (Å²) < 4.78 is 0. The van der Waals surface area contributed by atoms with E-state index in [1.807, 2.05) is 0 Å². The van der Waals surface area contributed by atoms with Gasteiger partial charge < -0.3 is 15.5 Å². The first-order valence-electron chi connectivity index (χ1n) is 6.37. The fraction of sp³-hybridized carbons (Fsp3) is 0.125. The van der Waals surface area contributed by atoms with Crippen molar-refractivity contribution < 1.29 is 19.8 Å². The van der Waals surface area contributed by atoms with Crippen LogP contribution < -0.4 is 5.32 Å². The number of nitrogens with one attached hydrogen (secondary N) is 1. The van der Waals surface area contributed by atoms with Crippen molar-refractivity contribution in [1.82, 2.24) is 5.32 Å². The zero-order valence-corrected chi connectivity index (χ0v) is 11.5. The molecule has 2 aromatic rings. The Morgan fingerprint density at radius 3 is 2.57 bits per heavy atom. The lowest BCUT2D eigenvalue weighted by Crippen LogP contribution is -2.23. The quantitative estimate of drug-likeness (QED) is 0.804. The van der Waals surface area contributed by atoms with Gasteiger partial charge in [0.1, 0.15) is 5.75 Å². The zero-order valence-electron chi connectivity index (χ0n) is 11.5. The van der Waals surface area contributed by atoms with Crippen LogP contribution in [0.3, 0.4) is 0 Å². The molecule has 21 heavy (non-hydrogen) atoms. The monoisotopic (exact) mass is 285 g/mol. The van der Waals surface area contributed by atoms with Gasteiger partial charge in [-0.1, -0.05) is 12.1 Å². The lowest BCUT2D eigenvalue weighted by Gasteiger charge is -2.08. The van der Waals surface area contributed by atoms with Crippen molar-refractivity contribution in [3.8, 4) is 5.75 Å². The van der Waals surface area contributed by atoms with E-state index in [2.05, 4.69) is 5.32 Å². The van der Waals surface area contributed by atoms with E-state index in [4.69, 9.17) is 5.11 Å². The highest BCUT2D eigenvalue weighted by molar-refractivity contribution is 5.95. The topological polar surface area (TPSA) is 86.6 Å². The number of benzene rings is 2. The second kappa shape index (κ2) is 6.09. The van der Waals surface area contributed by atoms with E-state index < -0.39 is 5.97 Å². The van der Waals surface area contributed by atoms with Gasteiger partial charge in [-0.05, 0) is 48.4 Å². The molecule has 2 rings (SSSR count). The number of phenols is 1. The summed E-state index contributed by atoms with van der Waals surface area (Å²) in [5.74, 6) is -1.16. The van der Waals surface area contributed by atoms with Crippen LogP contribution in [0.1, 0.15) is 31.8 Å². The minimum absolute atomic E-state index is 0.109. The number of phenolic OH excluding ortho intramolecular Hbond substituents is 1. The standard InChI is InChI=1S/C16H15NO4/c1-10-7-13(18)5-6-14(10)15(19)17-9-11-3-2-4-12(8-11)16(20)21/h2-8,18H,9H2,1H3,(H,17,19)(H,20,21). The summed E-state index contributed by atoms with van der Waals surface area (Å²) in [4.78, 5) is 22.9. The predicted octanol–water partition coefficient (Wildman–Crippen LogP) is 2.33. The van der Waals surface area contributed by atoms with Gasteiger partial charge in [-0.15, -0.1) is 0 Å². The normalized spacial score (nSPS) is 10.1. The minimum Gasteiger partial charge on any atom is -0.508 e. The number of aromatic hydroxyl groups is 1. The van der Waals surface area contributed by atoms with Gasteiger partial charge in [0.2, 0.25) is 0 Å². The predicted molar refractivity (Wildman–Crippen MR) is 77.4 cm³/mol. The maximum atomic E-state index is 12.1. The molecule has 0 radical (unpaired) electrons. The molecule has 108 valence electrons. The van der Waals surface area contributed by atoms with Crippen molar-refractivity contribution in [1.29, 1.82) is 0 Å². The van der Waals surface area contributed by atoms with E-state index in [0.29, 0.717) is 16.7 Å². The Bertz CT molecular complexity index is 694. The molecule has 0 saturated carbocycles. The number of carbonyl (C=O) groups is 2. The van der Waals surface area contributed by atoms with E-state index in [1.54, 1.807) is 25.1 Å². The fourth-order valence-electron chi connectivity index (χ4n) is 1.99. The fourth-order valence-corrected chi connectivity index (χ4v) is 1.99. The largest absolute Gasteiger partial charge is 0.508 e. The highest BCUT2D eigenvalue weighted by atomic mass is 16.4. The number of hydrogen-bond acceptors (Lipinski definition) is 3. The molecule has 0 aliphatic rings. The number of carboxylic acid groups (broad SMARTS) is 1. The molecular weight excluding hydrogens is 270 g/mol. The molecule has 0 bridgehead atoms. The van der Waals surface area contributed by atoms with E-state index in [0.717, 1.165) is 0 Å². The lowest BCUT2D eigenvalue weighted by molar-refractivity contribution is 0.0696. The van der Waals surface area contributed by atoms with Crippen LogP contribution in [0.4, 0.5) is 0 Å². The first kappa shape index (κ1) is 14.6. The summed E-state index contributed by atoms with van der Waals surface area (Å²) in [7, 11) is 0. The molecule has 0 aliphatic carbocycles. The van der Waals surface area contributed by atoms with Gasteiger partial charge in [-0.2, -0.15) is 0 Å². The van der Waals surface area contributed by atoms with Gasteiger partial charge in [0.15, 0.2) is 0 Å². The van der Waals surface area contributed by atoms with Crippen molar-refractivity contribution in [2.45, 2.75) is 13.5 Å². The van der Waals surface area contributed by atoms with Gasteiger partial charge >= 0.3 is 5.97 Å². The van der Waals surface area contributed by atoms with Gasteiger partial charge in [0.25, 0.3) is 5.91 Å². The van der Waals surface area contributed by atoms with Crippen LogP contribution in [0.5, 0.6) is 5.75 Å². The number of amides is 1. The average Bonchev–Trinajstić information content (AvgIpc) is 2.45. The summed E-state index contributed by atoms with van der Waals surface area (Å²) in [6.07, 6.45) is 0. The van der Waals surface area contributed by atoms with Gasteiger partial charge in [0, 0.05) is 12.1 Å². The summed E-state index contributed by atoms with van der Waals surface area (Å²) in [6, 6.07) is 10.9. The summed E-state index contributed by atoms with van der Waals surface area (Å²) in [6.45, 7) is 1.97. The SMILES string of the molecule is Cc1cc(O)ccc1C(=O)NCc1cccc(C(=O)O)c1. The Hall–Kier alpha value is -2.82. The van der Waals surface area contributed by atoms with Crippen molar-refractivity contribution >= 4 is 11.9 Å². The first-order chi connectivity index (χ1) is 9.97. The molecule has 1 amide bonds. The van der Waals surface area contributed by atoms with E-state index in [1.165, 1.54) is 24.3 Å². The smallest absolute Gasteiger partial charge is 0.335 e. The maximum absolute atomic E-state index is 12.1. The summed E-state index contributed by atoms with van der Waals surface area (Å²) in [5, 5.41) is 21.0. The molecule has 5 heteroatoms. The summed E-state index contributed by atoms with van der Waals surface area (Å²) in [5.41, 5.74) is 2.04. The van der Waals surface area contributed by atoms with Crippen LogP contribution in [-0.4, -0.2) is 22.1 Å². The first-order valence-corrected chi connectivity index (χ1v) is 6.37. The molecule has 0 fully saturated rings. The van der Waals surface area contributed by atoms with Crippen molar-refractivity contribution in [2.75, 3.05) is 0 Å². The summed E-state index contributed by atoms with van der Waals surface area (Å²) >= 11 is 0. The molecule has 2 aromatic carbocycles. The van der Waals surface area contributed by atoms with Crippen molar-refractivity contribution in [3.05, 3.63) is 64.7 Å². The van der Waals surface area contributed by atoms with Crippen LogP contribution >= 0.6 is 0 Å². The number of aryl methyl sites for hydroxylation is 1. The van der Waals surface area contributed by atoms with E-state index in [9.17, 15) is 14.7 Å². The molecule has 0 aliphatic heterocycles. The highest BCUT2D eigenvalue weighted by Crippen LogP contribution is 2.15. The lowest BCUT2D eigenvalue weighted by atomic mass is 10.1. The Labute approximate surface area is 121 Å². The Balaban J connectivity index is 2.07. The van der Waals surface area contributed by atoms with Gasteiger partial charge in [-0.25, -0.2) is 4.79 Å². The van der Waals surface area contributed by atoms with E-state index in [-0.39, 0.29) is 23.8 Å². The van der Waals surface area contributed by atoms with Crippen molar-refractivity contribution in [2.24, 2.45) is 0 Å². The number of aromatic carboxylic acids is 1. The molecule has 0 atom stereocenters. The van der Waals surface area contributed by atoms with Gasteiger partial charge in [0.05, 0.1) is 5.56 Å². The van der Waals surface area contributed by atoms with Crippen LogP contribution in [-0.2, 0) is 6.54 Å². The third kappa shape index (κ3) is 3.60. The van der Waals surface area contributed by atoms with Crippen LogP contribution in [0, 0.1) is 6.92 Å². The maximum Gasteiger partial charge on any atom is 0.335 e. The average molecular weight is 285 g/mol. The highest BCUT2D eigenvalue weighted by Gasteiger charge is 2.10. The molecule has 0 saturated heterocycles.